The normalized spacial score (nSPS) is 13.9. The summed E-state index contributed by atoms with van der Waals surface area (Å²) in [5.74, 6) is -0.568. The molecule has 0 saturated heterocycles. The number of hydrogen-bond acceptors (Lipinski definition) is 7. The molecule has 1 N–H and O–H groups in total. The van der Waals surface area contributed by atoms with Gasteiger partial charge < -0.3 is 24.1 Å². The van der Waals surface area contributed by atoms with Crippen LogP contribution < -0.4 is 5.32 Å². The molecule has 0 aliphatic heterocycles. The number of amides is 1. The molecule has 0 spiro atoms. The molecule has 2 atom stereocenters. The molecule has 9 heteroatoms. The van der Waals surface area contributed by atoms with Gasteiger partial charge in [0.2, 0.25) is 7.37 Å². The van der Waals surface area contributed by atoms with Gasteiger partial charge in [0, 0.05) is 18.7 Å². The zero-order chi connectivity index (χ0) is 26.6. The van der Waals surface area contributed by atoms with Crippen molar-refractivity contribution in [1.29, 1.82) is 0 Å². The summed E-state index contributed by atoms with van der Waals surface area (Å²) in [6.07, 6.45) is 0.135. The molecular formula is C27H38NO7P. The van der Waals surface area contributed by atoms with Gasteiger partial charge in [-0.3, -0.25) is 4.57 Å². The fourth-order valence-corrected chi connectivity index (χ4v) is 5.50. The first-order valence-electron chi connectivity index (χ1n) is 12.0. The monoisotopic (exact) mass is 519 g/mol. The van der Waals surface area contributed by atoms with Crippen molar-refractivity contribution in [3.63, 3.8) is 0 Å². The zero-order valence-electron chi connectivity index (χ0n) is 21.8. The van der Waals surface area contributed by atoms with Crippen LogP contribution in [0.2, 0.25) is 0 Å². The number of ether oxygens (including phenoxy) is 3. The highest BCUT2D eigenvalue weighted by molar-refractivity contribution is 7.58. The van der Waals surface area contributed by atoms with E-state index in [2.05, 4.69) is 5.32 Å². The lowest BCUT2D eigenvalue weighted by Gasteiger charge is -2.22. The number of esters is 1. The van der Waals surface area contributed by atoms with Crippen LogP contribution in [-0.2, 0) is 47.3 Å². The minimum atomic E-state index is -2.94. The van der Waals surface area contributed by atoms with Crippen LogP contribution in [0.5, 0.6) is 0 Å². The Morgan fingerprint density at radius 3 is 2.19 bits per heavy atom. The van der Waals surface area contributed by atoms with Gasteiger partial charge in [-0.15, -0.1) is 0 Å². The Labute approximate surface area is 214 Å². The van der Waals surface area contributed by atoms with Crippen LogP contribution in [0.25, 0.3) is 0 Å². The van der Waals surface area contributed by atoms with Crippen LogP contribution in [0.1, 0.15) is 44.4 Å². The van der Waals surface area contributed by atoms with Gasteiger partial charge in [-0.25, -0.2) is 9.59 Å². The van der Waals surface area contributed by atoms with E-state index in [4.69, 9.17) is 18.7 Å². The van der Waals surface area contributed by atoms with Gasteiger partial charge in [0.05, 0.1) is 26.9 Å². The first-order chi connectivity index (χ1) is 17.0. The summed E-state index contributed by atoms with van der Waals surface area (Å²) < 4.78 is 34.9. The lowest BCUT2D eigenvalue weighted by atomic mass is 10.0. The smallest absolute Gasteiger partial charge is 0.408 e. The van der Waals surface area contributed by atoms with Gasteiger partial charge in [0.25, 0.3) is 0 Å². The predicted molar refractivity (Wildman–Crippen MR) is 139 cm³/mol. The van der Waals surface area contributed by atoms with E-state index in [-0.39, 0.29) is 12.6 Å². The van der Waals surface area contributed by atoms with Gasteiger partial charge in [-0.05, 0) is 44.4 Å². The highest BCUT2D eigenvalue weighted by Gasteiger charge is 2.26. The molecule has 0 fully saturated rings. The maximum Gasteiger partial charge on any atom is 0.408 e. The second-order valence-electron chi connectivity index (χ2n) is 9.39. The van der Waals surface area contributed by atoms with E-state index in [1.807, 2.05) is 61.5 Å². The molecular weight excluding hydrogens is 481 g/mol. The van der Waals surface area contributed by atoms with Crippen molar-refractivity contribution < 1.29 is 32.9 Å². The van der Waals surface area contributed by atoms with Gasteiger partial charge in [-0.2, -0.15) is 0 Å². The summed E-state index contributed by atoms with van der Waals surface area (Å²) in [6, 6.07) is 16.3. The maximum absolute atomic E-state index is 13.4. The lowest BCUT2D eigenvalue weighted by Crippen LogP contribution is -2.45. The number of carbonyl (C=O) groups excluding carboxylic acids is 2. The van der Waals surface area contributed by atoms with Crippen molar-refractivity contribution in [2.45, 2.75) is 58.5 Å². The highest BCUT2D eigenvalue weighted by atomic mass is 31.2. The summed E-state index contributed by atoms with van der Waals surface area (Å²) in [5, 5.41) is 2.57. The second-order valence-corrected chi connectivity index (χ2v) is 12.0. The van der Waals surface area contributed by atoms with Crippen LogP contribution in [0.3, 0.4) is 0 Å². The third kappa shape index (κ3) is 10.9. The number of rotatable bonds is 13. The molecule has 0 aliphatic rings. The lowest BCUT2D eigenvalue weighted by molar-refractivity contribution is -0.143. The van der Waals surface area contributed by atoms with Gasteiger partial charge in [-0.1, -0.05) is 54.6 Å². The Morgan fingerprint density at radius 1 is 0.972 bits per heavy atom. The Balaban J connectivity index is 1.96. The number of alkyl carbamates (subject to hydrolysis) is 1. The SMILES string of the molecule is CCOP(=O)(CCOCc1ccccc1)Cc1ccc(C[C@H](NC(=O)OC(C)(C)C)C(=O)OC)cc1. The van der Waals surface area contributed by atoms with Crippen molar-refractivity contribution >= 4 is 19.4 Å². The summed E-state index contributed by atoms with van der Waals surface area (Å²) in [6.45, 7) is 8.20. The van der Waals surface area contributed by atoms with E-state index in [1.165, 1.54) is 7.11 Å². The third-order valence-electron chi connectivity index (χ3n) is 5.12. The Kier molecular flexibility index (Phi) is 11.6. The van der Waals surface area contributed by atoms with Crippen LogP contribution in [-0.4, -0.2) is 50.2 Å². The fourth-order valence-electron chi connectivity index (χ4n) is 3.47. The van der Waals surface area contributed by atoms with E-state index < -0.39 is 31.1 Å². The molecule has 2 rings (SSSR count). The van der Waals surface area contributed by atoms with E-state index in [1.54, 1.807) is 20.8 Å². The molecule has 2 aromatic carbocycles. The van der Waals surface area contributed by atoms with Crippen LogP contribution in [0.15, 0.2) is 54.6 Å². The topological polar surface area (TPSA) is 100 Å². The summed E-state index contributed by atoms with van der Waals surface area (Å²) in [5.41, 5.74) is 2.04. The molecule has 0 radical (unpaired) electrons. The summed E-state index contributed by atoms with van der Waals surface area (Å²) >= 11 is 0. The molecule has 1 amide bonds. The average Bonchev–Trinajstić information content (AvgIpc) is 2.82. The number of methoxy groups -OCH3 is 1. The number of hydrogen-bond donors (Lipinski definition) is 1. The van der Waals surface area contributed by atoms with Crippen molar-refractivity contribution in [2.75, 3.05) is 26.5 Å². The van der Waals surface area contributed by atoms with Crippen molar-refractivity contribution in [2.24, 2.45) is 0 Å². The van der Waals surface area contributed by atoms with E-state index >= 15 is 0 Å². The second kappa shape index (κ2) is 14.2. The van der Waals surface area contributed by atoms with E-state index in [9.17, 15) is 14.2 Å². The summed E-state index contributed by atoms with van der Waals surface area (Å²) in [7, 11) is -1.67. The highest BCUT2D eigenvalue weighted by Crippen LogP contribution is 2.50. The fraction of sp³-hybridized carbons (Fsp3) is 0.481. The third-order valence-corrected chi connectivity index (χ3v) is 7.55. The summed E-state index contributed by atoms with van der Waals surface area (Å²) in [4.78, 5) is 24.3. The van der Waals surface area contributed by atoms with E-state index in [0.717, 1.165) is 16.7 Å². The number of carbonyl (C=O) groups is 2. The Bertz CT molecular complexity index is 1000. The van der Waals surface area contributed by atoms with Crippen molar-refractivity contribution in [3.8, 4) is 0 Å². The molecule has 2 aromatic rings. The molecule has 36 heavy (non-hydrogen) atoms. The van der Waals surface area contributed by atoms with Crippen LogP contribution in [0, 0.1) is 0 Å². The van der Waals surface area contributed by atoms with E-state index in [0.29, 0.717) is 26.0 Å². The molecule has 1 unspecified atom stereocenters. The van der Waals surface area contributed by atoms with Crippen molar-refractivity contribution in [1.82, 2.24) is 5.32 Å². The minimum Gasteiger partial charge on any atom is -0.467 e. The number of nitrogens with one attached hydrogen (secondary N) is 1. The average molecular weight is 520 g/mol. The van der Waals surface area contributed by atoms with Gasteiger partial charge >= 0.3 is 12.1 Å². The van der Waals surface area contributed by atoms with Gasteiger partial charge in [0.1, 0.15) is 11.6 Å². The van der Waals surface area contributed by atoms with Gasteiger partial charge in [0.15, 0.2) is 0 Å². The molecule has 0 bridgehead atoms. The van der Waals surface area contributed by atoms with Crippen LogP contribution >= 0.6 is 7.37 Å². The quantitative estimate of drug-likeness (QED) is 0.217. The minimum absolute atomic E-state index is 0.225. The Hall–Kier alpha value is -2.67. The van der Waals surface area contributed by atoms with Crippen LogP contribution in [0.4, 0.5) is 4.79 Å². The molecule has 0 heterocycles. The predicted octanol–water partition coefficient (Wildman–Crippen LogP) is 5.33. The maximum atomic E-state index is 13.4. The molecule has 8 nitrogen and oxygen atoms in total. The first-order valence-corrected chi connectivity index (χ1v) is 14.0. The molecule has 0 aromatic heterocycles. The largest absolute Gasteiger partial charge is 0.467 e. The number of benzene rings is 2. The Morgan fingerprint density at radius 2 is 1.61 bits per heavy atom. The molecule has 198 valence electrons. The van der Waals surface area contributed by atoms with Crippen molar-refractivity contribution in [3.05, 3.63) is 71.3 Å². The standard InChI is InChI=1S/C27H38NO7P/c1-6-34-36(31,17-16-33-19-22-10-8-7-9-11-22)20-23-14-12-21(13-15-23)18-24(25(29)32-5)28-26(30)35-27(2,3)4/h7-15,24H,6,16-20H2,1-5H3,(H,28,30)/t24-,36?/m0/s1. The zero-order valence-corrected chi connectivity index (χ0v) is 22.7. The first kappa shape index (κ1) is 29.6. The molecule has 0 aliphatic carbocycles. The molecule has 0 saturated carbocycles.